The van der Waals surface area contributed by atoms with Crippen molar-refractivity contribution in [3.8, 4) is 0 Å². The molecule has 1 heterocycles. The summed E-state index contributed by atoms with van der Waals surface area (Å²) in [7, 11) is 0. The molecule has 4 rings (SSSR count). The van der Waals surface area contributed by atoms with Crippen molar-refractivity contribution >= 4 is 12.4 Å². The zero-order chi connectivity index (χ0) is 20.6. The minimum atomic E-state index is 0. The molecule has 164 valence electrons. The van der Waals surface area contributed by atoms with Crippen LogP contribution in [0.5, 0.6) is 0 Å². The monoisotopic (exact) mass is 435 g/mol. The van der Waals surface area contributed by atoms with E-state index in [1.54, 1.807) is 0 Å². The predicted molar refractivity (Wildman–Crippen MR) is 132 cm³/mol. The van der Waals surface area contributed by atoms with Gasteiger partial charge in [-0.05, 0) is 55.2 Å². The molecule has 1 aliphatic heterocycles. The van der Waals surface area contributed by atoms with Crippen molar-refractivity contribution in [1.29, 1.82) is 0 Å². The van der Waals surface area contributed by atoms with Crippen LogP contribution in [0.4, 0.5) is 0 Å². The molecular weight excluding hydrogens is 402 g/mol. The topological polar surface area (TPSA) is 23.5 Å². The first-order chi connectivity index (χ1) is 14.8. The van der Waals surface area contributed by atoms with Crippen LogP contribution in [0.25, 0.3) is 0 Å². The van der Waals surface area contributed by atoms with Crippen molar-refractivity contribution < 1.29 is 5.11 Å². The number of hydrogen-bond acceptors (Lipinski definition) is 2. The normalized spacial score (nSPS) is 19.6. The van der Waals surface area contributed by atoms with Gasteiger partial charge < -0.3 is 5.11 Å². The molecule has 0 radical (unpaired) electrons. The molecule has 3 heteroatoms. The van der Waals surface area contributed by atoms with E-state index in [-0.39, 0.29) is 25.1 Å². The summed E-state index contributed by atoms with van der Waals surface area (Å²) in [5.41, 5.74) is 4.05. The Morgan fingerprint density at radius 2 is 1.10 bits per heavy atom. The summed E-state index contributed by atoms with van der Waals surface area (Å²) < 4.78 is 0. The fourth-order valence-corrected chi connectivity index (χ4v) is 5.08. The van der Waals surface area contributed by atoms with E-state index in [0.29, 0.717) is 12.1 Å². The maximum atomic E-state index is 10.4. The summed E-state index contributed by atoms with van der Waals surface area (Å²) >= 11 is 0. The molecular formula is C28H34ClNO. The molecule has 3 atom stereocenters. The van der Waals surface area contributed by atoms with Crippen LogP contribution in [0.15, 0.2) is 91.0 Å². The lowest BCUT2D eigenvalue weighted by molar-refractivity contribution is 0.0707. The maximum absolute atomic E-state index is 10.4. The smallest absolute Gasteiger partial charge is 0.0628 e. The molecule has 31 heavy (non-hydrogen) atoms. The number of nitrogens with zero attached hydrogens (tertiary/aromatic N) is 1. The Kier molecular flexibility index (Phi) is 9.14. The van der Waals surface area contributed by atoms with Crippen LogP contribution in [0, 0.1) is 0 Å². The zero-order valence-corrected chi connectivity index (χ0v) is 19.0. The Bertz CT molecular complexity index is 820. The van der Waals surface area contributed by atoms with Crippen LogP contribution < -0.4 is 0 Å². The first-order valence-electron chi connectivity index (χ1n) is 11.4. The second-order valence-electron chi connectivity index (χ2n) is 8.49. The van der Waals surface area contributed by atoms with Gasteiger partial charge in [0.25, 0.3) is 0 Å². The SMILES string of the molecule is Cl.OC[C@@H](c1ccccc1)N1[C@H](CCc2ccccc2)CC[C@@H]1CCc1ccccc1. The lowest BCUT2D eigenvalue weighted by atomic mass is 9.99. The molecule has 0 bridgehead atoms. The van der Waals surface area contributed by atoms with E-state index in [1.807, 2.05) is 0 Å². The van der Waals surface area contributed by atoms with Crippen LogP contribution in [-0.2, 0) is 12.8 Å². The average Bonchev–Trinajstić information content (AvgIpc) is 3.21. The summed E-state index contributed by atoms with van der Waals surface area (Å²) in [6.45, 7) is 0.174. The predicted octanol–water partition coefficient (Wildman–Crippen LogP) is 6.24. The van der Waals surface area contributed by atoms with E-state index in [9.17, 15) is 5.11 Å². The van der Waals surface area contributed by atoms with Crippen molar-refractivity contribution in [2.24, 2.45) is 0 Å². The van der Waals surface area contributed by atoms with Crippen molar-refractivity contribution in [2.75, 3.05) is 6.61 Å². The molecule has 3 aromatic carbocycles. The van der Waals surface area contributed by atoms with Gasteiger partial charge in [0.05, 0.1) is 12.6 Å². The second-order valence-corrected chi connectivity index (χ2v) is 8.49. The summed E-state index contributed by atoms with van der Waals surface area (Å²) in [6.07, 6.45) is 6.93. The molecule has 0 saturated carbocycles. The van der Waals surface area contributed by atoms with Crippen LogP contribution in [0.1, 0.15) is 48.4 Å². The zero-order valence-electron chi connectivity index (χ0n) is 18.1. The van der Waals surface area contributed by atoms with Crippen LogP contribution >= 0.6 is 12.4 Å². The van der Waals surface area contributed by atoms with Crippen molar-refractivity contribution in [3.63, 3.8) is 0 Å². The summed E-state index contributed by atoms with van der Waals surface area (Å²) in [4.78, 5) is 2.65. The van der Waals surface area contributed by atoms with Crippen molar-refractivity contribution in [2.45, 2.75) is 56.7 Å². The molecule has 1 fully saturated rings. The Balaban J connectivity index is 0.00000272. The fraction of sp³-hybridized carbons (Fsp3) is 0.357. The van der Waals surface area contributed by atoms with Gasteiger partial charge in [-0.2, -0.15) is 0 Å². The number of rotatable bonds is 9. The highest BCUT2D eigenvalue weighted by molar-refractivity contribution is 5.85. The van der Waals surface area contributed by atoms with Gasteiger partial charge in [-0.25, -0.2) is 0 Å². The quantitative estimate of drug-likeness (QED) is 0.430. The number of likely N-dealkylation sites (tertiary alicyclic amines) is 1. The molecule has 0 amide bonds. The van der Waals surface area contributed by atoms with Gasteiger partial charge in [-0.3, -0.25) is 4.90 Å². The van der Waals surface area contributed by atoms with Crippen LogP contribution in [0.3, 0.4) is 0 Å². The van der Waals surface area contributed by atoms with E-state index in [2.05, 4.69) is 95.9 Å². The number of aliphatic hydroxyl groups is 1. The van der Waals surface area contributed by atoms with E-state index in [0.717, 1.165) is 25.7 Å². The van der Waals surface area contributed by atoms with Gasteiger partial charge >= 0.3 is 0 Å². The van der Waals surface area contributed by atoms with Crippen molar-refractivity contribution in [1.82, 2.24) is 4.90 Å². The third kappa shape index (κ3) is 6.20. The van der Waals surface area contributed by atoms with Gasteiger partial charge in [0.2, 0.25) is 0 Å². The van der Waals surface area contributed by atoms with Gasteiger partial charge in [0.1, 0.15) is 0 Å². The van der Waals surface area contributed by atoms with Gasteiger partial charge in [0.15, 0.2) is 0 Å². The standard InChI is InChI=1S/C28H33NO.ClH/c30-22-28(25-14-8-3-9-15-25)29-26(18-16-23-10-4-1-5-11-23)20-21-27(29)19-17-24-12-6-2-7-13-24;/h1-15,26-28,30H,16-22H2;1H/t26-,27+,28-;/m0./s1. The van der Waals surface area contributed by atoms with E-state index < -0.39 is 0 Å². The van der Waals surface area contributed by atoms with Gasteiger partial charge in [-0.1, -0.05) is 91.0 Å². The summed E-state index contributed by atoms with van der Waals surface area (Å²) in [6, 6.07) is 33.3. The molecule has 1 aliphatic rings. The molecule has 0 aliphatic carbocycles. The van der Waals surface area contributed by atoms with Gasteiger partial charge in [-0.15, -0.1) is 12.4 Å². The minimum absolute atomic E-state index is 0. The number of hydrogen-bond donors (Lipinski definition) is 1. The Morgan fingerprint density at radius 1 is 0.677 bits per heavy atom. The maximum Gasteiger partial charge on any atom is 0.0628 e. The Labute approximate surface area is 193 Å². The molecule has 1 saturated heterocycles. The number of aryl methyl sites for hydroxylation is 2. The molecule has 0 unspecified atom stereocenters. The lowest BCUT2D eigenvalue weighted by Gasteiger charge is -2.37. The molecule has 0 spiro atoms. The summed E-state index contributed by atoms with van der Waals surface area (Å²) in [5.74, 6) is 0. The third-order valence-electron chi connectivity index (χ3n) is 6.61. The van der Waals surface area contributed by atoms with E-state index >= 15 is 0 Å². The molecule has 2 nitrogen and oxygen atoms in total. The molecule has 1 N–H and O–H groups in total. The lowest BCUT2D eigenvalue weighted by Crippen LogP contribution is -2.41. The molecule has 0 aromatic heterocycles. The van der Waals surface area contributed by atoms with Gasteiger partial charge in [0, 0.05) is 12.1 Å². The second kappa shape index (κ2) is 12.0. The van der Waals surface area contributed by atoms with Crippen molar-refractivity contribution in [3.05, 3.63) is 108 Å². The number of aliphatic hydroxyl groups excluding tert-OH is 1. The number of halogens is 1. The minimum Gasteiger partial charge on any atom is -0.394 e. The van der Waals surface area contributed by atoms with E-state index in [4.69, 9.17) is 0 Å². The molecule has 3 aromatic rings. The average molecular weight is 436 g/mol. The first kappa shape index (κ1) is 23.5. The fourth-order valence-electron chi connectivity index (χ4n) is 5.08. The Morgan fingerprint density at radius 3 is 1.52 bits per heavy atom. The highest BCUT2D eigenvalue weighted by atomic mass is 35.5. The summed E-state index contributed by atoms with van der Waals surface area (Å²) in [5, 5.41) is 10.4. The largest absolute Gasteiger partial charge is 0.394 e. The van der Waals surface area contributed by atoms with Crippen LogP contribution in [-0.4, -0.2) is 28.7 Å². The highest BCUT2D eigenvalue weighted by Gasteiger charge is 2.37. The third-order valence-corrected chi connectivity index (χ3v) is 6.61. The highest BCUT2D eigenvalue weighted by Crippen LogP contribution is 2.37. The van der Waals surface area contributed by atoms with Crippen LogP contribution in [0.2, 0.25) is 0 Å². The first-order valence-corrected chi connectivity index (χ1v) is 11.4. The van der Waals surface area contributed by atoms with E-state index in [1.165, 1.54) is 29.5 Å². The Hall–Kier alpha value is -2.13. The number of benzene rings is 3.